The van der Waals surface area contributed by atoms with Gasteiger partial charge in [-0.15, -0.1) is 0 Å². The standard InChI is InChI=1S/C25H18BrN3O2/c1-17-6-9-22(10-7-17)29-25(30)21(15-28)12-18-8-11-24(23(26)13-18)31-16-20-5-3-2-4-19(20)14-27/h2-13H,16H2,1H3,(H,29,30). The Morgan fingerprint density at radius 2 is 1.84 bits per heavy atom. The van der Waals surface area contributed by atoms with Crippen LogP contribution in [0, 0.1) is 29.6 Å². The van der Waals surface area contributed by atoms with Crippen LogP contribution in [0.5, 0.6) is 5.75 Å². The second-order valence-electron chi connectivity index (χ2n) is 6.74. The number of ether oxygens (including phenoxy) is 1. The highest BCUT2D eigenvalue weighted by Crippen LogP contribution is 2.28. The maximum absolute atomic E-state index is 12.4. The Balaban J connectivity index is 1.72. The lowest BCUT2D eigenvalue weighted by molar-refractivity contribution is -0.112. The van der Waals surface area contributed by atoms with Crippen LogP contribution in [-0.4, -0.2) is 5.91 Å². The molecule has 152 valence electrons. The summed E-state index contributed by atoms with van der Waals surface area (Å²) in [4.78, 5) is 12.4. The zero-order valence-electron chi connectivity index (χ0n) is 16.7. The number of hydrogen-bond donors (Lipinski definition) is 1. The van der Waals surface area contributed by atoms with Gasteiger partial charge < -0.3 is 10.1 Å². The van der Waals surface area contributed by atoms with Crippen LogP contribution in [0.2, 0.25) is 0 Å². The summed E-state index contributed by atoms with van der Waals surface area (Å²) in [5.41, 5.74) is 3.73. The number of amides is 1. The molecule has 1 amide bonds. The van der Waals surface area contributed by atoms with Gasteiger partial charge in [0.15, 0.2) is 0 Å². The van der Waals surface area contributed by atoms with E-state index in [9.17, 15) is 15.3 Å². The average Bonchev–Trinajstić information content (AvgIpc) is 2.78. The van der Waals surface area contributed by atoms with E-state index >= 15 is 0 Å². The van der Waals surface area contributed by atoms with E-state index in [1.807, 2.05) is 37.3 Å². The number of anilines is 1. The fraction of sp³-hybridized carbons (Fsp3) is 0.0800. The highest BCUT2D eigenvalue weighted by molar-refractivity contribution is 9.10. The lowest BCUT2D eigenvalue weighted by Gasteiger charge is -2.10. The summed E-state index contributed by atoms with van der Waals surface area (Å²) >= 11 is 3.46. The monoisotopic (exact) mass is 471 g/mol. The lowest BCUT2D eigenvalue weighted by Crippen LogP contribution is -2.13. The number of nitriles is 2. The summed E-state index contributed by atoms with van der Waals surface area (Å²) in [6, 6.07) is 24.0. The van der Waals surface area contributed by atoms with Crippen molar-refractivity contribution in [1.29, 1.82) is 10.5 Å². The first-order valence-electron chi connectivity index (χ1n) is 9.40. The molecule has 0 heterocycles. The van der Waals surface area contributed by atoms with Crippen molar-refractivity contribution < 1.29 is 9.53 Å². The summed E-state index contributed by atoms with van der Waals surface area (Å²) in [6.45, 7) is 2.21. The molecule has 1 N–H and O–H groups in total. The van der Waals surface area contributed by atoms with Gasteiger partial charge in [-0.2, -0.15) is 10.5 Å². The summed E-state index contributed by atoms with van der Waals surface area (Å²) in [7, 11) is 0. The molecule has 31 heavy (non-hydrogen) atoms. The van der Waals surface area contributed by atoms with E-state index in [1.54, 1.807) is 42.5 Å². The Hall–Kier alpha value is -3.87. The van der Waals surface area contributed by atoms with Crippen molar-refractivity contribution in [3.63, 3.8) is 0 Å². The summed E-state index contributed by atoms with van der Waals surface area (Å²) in [5, 5.41) is 21.3. The van der Waals surface area contributed by atoms with Crippen molar-refractivity contribution in [1.82, 2.24) is 0 Å². The molecule has 0 spiro atoms. The van der Waals surface area contributed by atoms with Gasteiger partial charge in [-0.05, 0) is 64.8 Å². The molecule has 0 unspecified atom stereocenters. The van der Waals surface area contributed by atoms with Crippen LogP contribution < -0.4 is 10.1 Å². The van der Waals surface area contributed by atoms with E-state index in [-0.39, 0.29) is 12.2 Å². The van der Waals surface area contributed by atoms with Gasteiger partial charge in [-0.1, -0.05) is 42.0 Å². The normalized spacial score (nSPS) is 10.6. The van der Waals surface area contributed by atoms with Crippen molar-refractivity contribution in [2.24, 2.45) is 0 Å². The van der Waals surface area contributed by atoms with Gasteiger partial charge >= 0.3 is 0 Å². The zero-order chi connectivity index (χ0) is 22.2. The molecule has 0 fully saturated rings. The molecule has 0 bridgehead atoms. The molecular weight excluding hydrogens is 454 g/mol. The van der Waals surface area contributed by atoms with E-state index < -0.39 is 5.91 Å². The van der Waals surface area contributed by atoms with Gasteiger partial charge in [0.05, 0.1) is 16.1 Å². The lowest BCUT2D eigenvalue weighted by atomic mass is 10.1. The first kappa shape index (κ1) is 21.8. The molecule has 3 rings (SSSR count). The molecule has 3 aromatic carbocycles. The maximum Gasteiger partial charge on any atom is 0.266 e. The van der Waals surface area contributed by atoms with Gasteiger partial charge in [0, 0.05) is 11.3 Å². The third-order valence-electron chi connectivity index (χ3n) is 4.46. The van der Waals surface area contributed by atoms with E-state index in [0.717, 1.165) is 11.1 Å². The van der Waals surface area contributed by atoms with Crippen LogP contribution in [0.4, 0.5) is 5.69 Å². The molecule has 3 aromatic rings. The van der Waals surface area contributed by atoms with Crippen molar-refractivity contribution in [3.8, 4) is 17.9 Å². The molecule has 0 aliphatic heterocycles. The van der Waals surface area contributed by atoms with Crippen LogP contribution >= 0.6 is 15.9 Å². The van der Waals surface area contributed by atoms with Crippen LogP contribution in [-0.2, 0) is 11.4 Å². The smallest absolute Gasteiger partial charge is 0.266 e. The number of carbonyl (C=O) groups excluding carboxylic acids is 1. The van der Waals surface area contributed by atoms with E-state index in [4.69, 9.17) is 4.74 Å². The third kappa shape index (κ3) is 5.82. The number of carbonyl (C=O) groups is 1. The predicted octanol–water partition coefficient (Wildman–Crippen LogP) is 5.75. The predicted molar refractivity (Wildman–Crippen MR) is 123 cm³/mol. The topological polar surface area (TPSA) is 85.9 Å². The highest BCUT2D eigenvalue weighted by atomic mass is 79.9. The second kappa shape index (κ2) is 10.2. The van der Waals surface area contributed by atoms with E-state index in [0.29, 0.717) is 27.0 Å². The largest absolute Gasteiger partial charge is 0.488 e. The molecular formula is C25H18BrN3O2. The first-order chi connectivity index (χ1) is 15.0. The van der Waals surface area contributed by atoms with Gasteiger partial charge in [-0.25, -0.2) is 0 Å². The summed E-state index contributed by atoms with van der Waals surface area (Å²) < 4.78 is 6.50. The Labute approximate surface area is 189 Å². The molecule has 0 atom stereocenters. The average molecular weight is 472 g/mol. The second-order valence-corrected chi connectivity index (χ2v) is 7.59. The van der Waals surface area contributed by atoms with E-state index in [1.165, 1.54) is 6.08 Å². The van der Waals surface area contributed by atoms with Gasteiger partial charge in [0.25, 0.3) is 5.91 Å². The fourth-order valence-corrected chi connectivity index (χ4v) is 3.30. The number of halogens is 1. The quantitative estimate of drug-likeness (QED) is 0.366. The van der Waals surface area contributed by atoms with Crippen molar-refractivity contribution in [2.45, 2.75) is 13.5 Å². The molecule has 0 saturated carbocycles. The number of nitrogens with one attached hydrogen (secondary N) is 1. The number of aryl methyl sites for hydroxylation is 1. The van der Waals surface area contributed by atoms with Crippen molar-refractivity contribution >= 4 is 33.6 Å². The fourth-order valence-electron chi connectivity index (χ4n) is 2.79. The first-order valence-corrected chi connectivity index (χ1v) is 10.2. The van der Waals surface area contributed by atoms with Gasteiger partial charge in [-0.3, -0.25) is 4.79 Å². The molecule has 5 nitrogen and oxygen atoms in total. The Morgan fingerprint density at radius 1 is 1.10 bits per heavy atom. The minimum atomic E-state index is -0.476. The summed E-state index contributed by atoms with van der Waals surface area (Å²) in [5.74, 6) is 0.114. The van der Waals surface area contributed by atoms with Crippen LogP contribution in [0.15, 0.2) is 76.8 Å². The third-order valence-corrected chi connectivity index (χ3v) is 5.08. The Kier molecular flexibility index (Phi) is 7.22. The molecule has 0 aliphatic carbocycles. The van der Waals surface area contributed by atoms with Crippen LogP contribution in [0.25, 0.3) is 6.08 Å². The highest BCUT2D eigenvalue weighted by Gasteiger charge is 2.11. The minimum absolute atomic E-state index is 0.0101. The van der Waals surface area contributed by atoms with Gasteiger partial charge in [0.2, 0.25) is 0 Å². The van der Waals surface area contributed by atoms with Gasteiger partial charge in [0.1, 0.15) is 24.0 Å². The number of rotatable bonds is 6. The SMILES string of the molecule is Cc1ccc(NC(=O)C(C#N)=Cc2ccc(OCc3ccccc3C#N)c(Br)c2)cc1. The number of hydrogen-bond acceptors (Lipinski definition) is 4. The minimum Gasteiger partial charge on any atom is -0.488 e. The zero-order valence-corrected chi connectivity index (χ0v) is 18.3. The van der Waals surface area contributed by atoms with Crippen molar-refractivity contribution in [3.05, 3.63) is 99.0 Å². The maximum atomic E-state index is 12.4. The Bertz CT molecular complexity index is 1220. The van der Waals surface area contributed by atoms with Crippen molar-refractivity contribution in [2.75, 3.05) is 5.32 Å². The molecule has 0 radical (unpaired) electrons. The molecule has 0 aliphatic rings. The summed E-state index contributed by atoms with van der Waals surface area (Å²) in [6.07, 6.45) is 1.52. The number of benzene rings is 3. The van der Waals surface area contributed by atoms with Crippen LogP contribution in [0.3, 0.4) is 0 Å². The number of nitrogens with zero attached hydrogens (tertiary/aromatic N) is 2. The molecule has 0 saturated heterocycles. The molecule has 0 aromatic heterocycles. The van der Waals surface area contributed by atoms with E-state index in [2.05, 4.69) is 27.3 Å². The molecule has 6 heteroatoms. The van der Waals surface area contributed by atoms with Crippen LogP contribution in [0.1, 0.15) is 22.3 Å². The Morgan fingerprint density at radius 3 is 2.52 bits per heavy atom.